The van der Waals surface area contributed by atoms with Crippen LogP contribution < -0.4 is 10.2 Å². The van der Waals surface area contributed by atoms with Gasteiger partial charge in [-0.2, -0.15) is 0 Å². The number of hydrogen-bond acceptors (Lipinski definition) is 7. The number of anilines is 2. The number of nitrogens with zero attached hydrogens (tertiary/aromatic N) is 4. The summed E-state index contributed by atoms with van der Waals surface area (Å²) in [4.78, 5) is 27.9. The number of halogens is 1. The van der Waals surface area contributed by atoms with Crippen LogP contribution in [0.4, 0.5) is 14.7 Å². The number of rotatable bonds is 4. The number of carbonyl (C=O) groups is 1. The molecule has 0 saturated carbocycles. The van der Waals surface area contributed by atoms with Crippen LogP contribution in [0.15, 0.2) is 48.1 Å². The van der Waals surface area contributed by atoms with Crippen molar-refractivity contribution in [2.45, 2.75) is 12.8 Å². The lowest BCUT2D eigenvalue weighted by Crippen LogP contribution is -2.38. The fraction of sp³-hybridized carbons (Fsp3) is 0.238. The number of pyridine rings is 1. The molecule has 152 valence electrons. The largest absolute Gasteiger partial charge is 0.348 e. The zero-order valence-corrected chi connectivity index (χ0v) is 17.5. The van der Waals surface area contributed by atoms with Crippen LogP contribution in [0.25, 0.3) is 21.5 Å². The molecule has 0 spiro atoms. The summed E-state index contributed by atoms with van der Waals surface area (Å²) in [6, 6.07) is 8.82. The summed E-state index contributed by atoms with van der Waals surface area (Å²) in [6.07, 6.45) is 4.93. The van der Waals surface area contributed by atoms with Gasteiger partial charge in [-0.15, -0.1) is 11.3 Å². The predicted molar refractivity (Wildman–Crippen MR) is 118 cm³/mol. The van der Waals surface area contributed by atoms with Crippen molar-refractivity contribution in [3.05, 3.63) is 53.9 Å². The highest BCUT2D eigenvalue weighted by Crippen LogP contribution is 2.33. The summed E-state index contributed by atoms with van der Waals surface area (Å²) in [6.45, 7) is 1.44. The molecule has 9 heteroatoms. The van der Waals surface area contributed by atoms with E-state index in [4.69, 9.17) is 0 Å². The summed E-state index contributed by atoms with van der Waals surface area (Å²) in [7, 11) is 0. The lowest BCUT2D eigenvalue weighted by atomic mass is 9.96. The van der Waals surface area contributed by atoms with Crippen molar-refractivity contribution in [1.29, 1.82) is 0 Å². The molecule has 3 aromatic heterocycles. The second kappa shape index (κ2) is 8.08. The van der Waals surface area contributed by atoms with Crippen LogP contribution in [0.5, 0.6) is 0 Å². The quantitative estimate of drug-likeness (QED) is 0.494. The summed E-state index contributed by atoms with van der Waals surface area (Å²) in [5, 5.41) is 6.29. The van der Waals surface area contributed by atoms with E-state index >= 15 is 0 Å². The molecule has 1 aromatic carbocycles. The number of nitrogens with one attached hydrogen (secondary N) is 1. The first-order valence-electron chi connectivity index (χ1n) is 9.64. The first kappa shape index (κ1) is 19.1. The molecular formula is C21H18FN5OS2. The van der Waals surface area contributed by atoms with Gasteiger partial charge in [-0.3, -0.25) is 9.78 Å². The number of aromatic nitrogens is 3. The van der Waals surface area contributed by atoms with Gasteiger partial charge in [0.15, 0.2) is 10.3 Å². The molecular weight excluding hydrogens is 421 g/mol. The van der Waals surface area contributed by atoms with E-state index in [1.165, 1.54) is 28.7 Å². The van der Waals surface area contributed by atoms with E-state index in [0.29, 0.717) is 10.6 Å². The molecule has 0 bridgehead atoms. The molecule has 6 nitrogen and oxygen atoms in total. The fourth-order valence-electron chi connectivity index (χ4n) is 3.56. The van der Waals surface area contributed by atoms with Crippen molar-refractivity contribution in [2.75, 3.05) is 23.3 Å². The van der Waals surface area contributed by atoms with Gasteiger partial charge in [0.2, 0.25) is 5.91 Å². The maximum Gasteiger partial charge on any atom is 0.229 e. The van der Waals surface area contributed by atoms with Crippen molar-refractivity contribution < 1.29 is 9.18 Å². The highest BCUT2D eigenvalue weighted by molar-refractivity contribution is 7.22. The van der Waals surface area contributed by atoms with Crippen molar-refractivity contribution in [1.82, 2.24) is 15.0 Å². The van der Waals surface area contributed by atoms with E-state index in [0.717, 1.165) is 47.0 Å². The highest BCUT2D eigenvalue weighted by Gasteiger charge is 2.27. The lowest BCUT2D eigenvalue weighted by molar-refractivity contribution is -0.120. The molecule has 0 radical (unpaired) electrons. The third kappa shape index (κ3) is 3.78. The predicted octanol–water partition coefficient (Wildman–Crippen LogP) is 4.81. The minimum atomic E-state index is -0.293. The molecule has 0 aliphatic carbocycles. The van der Waals surface area contributed by atoms with E-state index in [1.807, 2.05) is 23.6 Å². The molecule has 5 rings (SSSR count). The average Bonchev–Trinajstić information content (AvgIpc) is 3.42. The Labute approximate surface area is 180 Å². The molecule has 4 aromatic rings. The van der Waals surface area contributed by atoms with Gasteiger partial charge in [-0.25, -0.2) is 14.4 Å². The van der Waals surface area contributed by atoms with E-state index in [2.05, 4.69) is 25.2 Å². The average molecular weight is 440 g/mol. The molecule has 1 N–H and O–H groups in total. The minimum absolute atomic E-state index is 0.00270. The third-order valence-corrected chi connectivity index (χ3v) is 7.03. The number of hydrogen-bond donors (Lipinski definition) is 1. The van der Waals surface area contributed by atoms with Gasteiger partial charge in [0, 0.05) is 42.3 Å². The van der Waals surface area contributed by atoms with E-state index in [9.17, 15) is 9.18 Å². The molecule has 1 fully saturated rings. The lowest BCUT2D eigenvalue weighted by Gasteiger charge is -2.30. The van der Waals surface area contributed by atoms with Crippen LogP contribution in [0.1, 0.15) is 12.8 Å². The summed E-state index contributed by atoms with van der Waals surface area (Å²) in [5.74, 6) is -0.367. The molecule has 0 unspecified atom stereocenters. The highest BCUT2D eigenvalue weighted by atomic mass is 32.1. The molecule has 1 aliphatic rings. The summed E-state index contributed by atoms with van der Waals surface area (Å²) in [5.41, 5.74) is 2.15. The van der Waals surface area contributed by atoms with Gasteiger partial charge in [0.05, 0.1) is 10.4 Å². The molecule has 1 amide bonds. The van der Waals surface area contributed by atoms with Gasteiger partial charge < -0.3 is 10.2 Å². The van der Waals surface area contributed by atoms with E-state index in [1.54, 1.807) is 18.5 Å². The Hall–Kier alpha value is -2.91. The number of thiazole rings is 2. The van der Waals surface area contributed by atoms with Crippen LogP contribution in [-0.2, 0) is 4.79 Å². The Morgan fingerprint density at radius 1 is 1.17 bits per heavy atom. The molecule has 1 aliphatic heterocycles. The maximum atomic E-state index is 13.9. The molecule has 0 atom stereocenters. The van der Waals surface area contributed by atoms with Crippen LogP contribution in [0.2, 0.25) is 0 Å². The van der Waals surface area contributed by atoms with Gasteiger partial charge in [0.25, 0.3) is 0 Å². The normalized spacial score (nSPS) is 14.9. The maximum absolute atomic E-state index is 13.9. The second-order valence-electron chi connectivity index (χ2n) is 7.11. The summed E-state index contributed by atoms with van der Waals surface area (Å²) >= 11 is 2.90. The summed E-state index contributed by atoms with van der Waals surface area (Å²) < 4.78 is 14.8. The Balaban J connectivity index is 1.21. The van der Waals surface area contributed by atoms with Crippen LogP contribution in [-0.4, -0.2) is 33.9 Å². The van der Waals surface area contributed by atoms with Crippen LogP contribution >= 0.6 is 22.7 Å². The smallest absolute Gasteiger partial charge is 0.229 e. The topological polar surface area (TPSA) is 71.0 Å². The van der Waals surface area contributed by atoms with Gasteiger partial charge in [0.1, 0.15) is 11.3 Å². The molecule has 4 heterocycles. The zero-order chi connectivity index (χ0) is 20.5. The first-order chi connectivity index (χ1) is 14.7. The SMILES string of the molecule is O=C(Nc1nc(-c2cccnc2)cs1)C1CCN(c2nc3c(F)cccc3s2)CC1. The second-order valence-corrected chi connectivity index (χ2v) is 8.98. The standard InChI is InChI=1S/C21H18FN5OS2/c22-15-4-1-5-17-18(15)25-21(30-17)27-9-6-13(7-10-27)19(28)26-20-24-16(12-29-20)14-3-2-8-23-11-14/h1-5,8,11-13H,6-7,9-10H2,(H,24,26,28). The van der Waals surface area contributed by atoms with Crippen LogP contribution in [0, 0.1) is 11.7 Å². The van der Waals surface area contributed by atoms with Gasteiger partial charge >= 0.3 is 0 Å². The zero-order valence-electron chi connectivity index (χ0n) is 15.9. The Morgan fingerprint density at radius 3 is 2.80 bits per heavy atom. The Kier molecular flexibility index (Phi) is 5.14. The van der Waals surface area contributed by atoms with Gasteiger partial charge in [-0.1, -0.05) is 17.4 Å². The molecule has 1 saturated heterocycles. The number of carbonyl (C=O) groups excluding carboxylic acids is 1. The first-order valence-corrected chi connectivity index (χ1v) is 11.3. The number of benzene rings is 1. The van der Waals surface area contributed by atoms with E-state index < -0.39 is 0 Å². The minimum Gasteiger partial charge on any atom is -0.348 e. The molecule has 30 heavy (non-hydrogen) atoms. The number of para-hydroxylation sites is 1. The number of fused-ring (bicyclic) bond motifs is 1. The third-order valence-electron chi connectivity index (χ3n) is 5.19. The number of piperidine rings is 1. The Morgan fingerprint density at radius 2 is 2.03 bits per heavy atom. The Bertz CT molecular complexity index is 1180. The fourth-order valence-corrected chi connectivity index (χ4v) is 5.31. The van der Waals surface area contributed by atoms with E-state index in [-0.39, 0.29) is 17.6 Å². The van der Waals surface area contributed by atoms with Crippen molar-refractivity contribution >= 4 is 49.1 Å². The van der Waals surface area contributed by atoms with Gasteiger partial charge in [-0.05, 0) is 37.1 Å². The van der Waals surface area contributed by atoms with Crippen molar-refractivity contribution in [3.63, 3.8) is 0 Å². The number of amides is 1. The monoisotopic (exact) mass is 439 g/mol. The van der Waals surface area contributed by atoms with Crippen LogP contribution in [0.3, 0.4) is 0 Å². The van der Waals surface area contributed by atoms with Crippen molar-refractivity contribution in [3.8, 4) is 11.3 Å². The van der Waals surface area contributed by atoms with Crippen molar-refractivity contribution in [2.24, 2.45) is 5.92 Å².